The molecule has 2 N–H and O–H groups in total. The molecule has 2 aliphatic heterocycles. The molecule has 3 aliphatic rings. The van der Waals surface area contributed by atoms with Gasteiger partial charge < -0.3 is 15.5 Å². The summed E-state index contributed by atoms with van der Waals surface area (Å²) < 4.78 is 0. The summed E-state index contributed by atoms with van der Waals surface area (Å²) in [5, 5.41) is 9.19. The van der Waals surface area contributed by atoms with Crippen LogP contribution in [0.1, 0.15) is 55.7 Å². The van der Waals surface area contributed by atoms with Crippen molar-refractivity contribution in [2.24, 2.45) is 16.1 Å². The van der Waals surface area contributed by atoms with Gasteiger partial charge in [0, 0.05) is 26.2 Å². The molecule has 0 amide bonds. The summed E-state index contributed by atoms with van der Waals surface area (Å²) >= 11 is 0. The highest BCUT2D eigenvalue weighted by Crippen LogP contribution is 2.50. The van der Waals surface area contributed by atoms with E-state index >= 15 is 0 Å². The fourth-order valence-electron chi connectivity index (χ4n) is 5.13. The third kappa shape index (κ3) is 3.35. The van der Waals surface area contributed by atoms with Gasteiger partial charge in [-0.3, -0.25) is 4.99 Å². The molecule has 1 aromatic carbocycles. The summed E-state index contributed by atoms with van der Waals surface area (Å²) in [6.07, 6.45) is 5.05. The van der Waals surface area contributed by atoms with Crippen LogP contribution in [0.15, 0.2) is 35.5 Å². The summed E-state index contributed by atoms with van der Waals surface area (Å²) in [7, 11) is 1.88. The third-order valence-corrected chi connectivity index (χ3v) is 7.20. The normalized spacial score (nSPS) is 21.5. The average molecular weight is 418 g/mol. The summed E-state index contributed by atoms with van der Waals surface area (Å²) in [5.41, 5.74) is 11.3. The first-order valence-electron chi connectivity index (χ1n) is 10.6. The Morgan fingerprint density at radius 3 is 2.74 bits per heavy atom. The van der Waals surface area contributed by atoms with Gasteiger partial charge in [0.05, 0.1) is 24.5 Å². The maximum absolute atomic E-state index is 9.19. The number of nitriles is 1. The standard InChI is InChI=1S/C23H27N7.CH4/c1-15(12-24)29(2)22-20-18(13-27-22)28-19(14-26-20)30-9-7-23(8-10-30)11-16-5-3-4-6-17(16)21(23)25;/h3-6,14-15,21H,7-11,13,25H2,1-2H3;1H4/t15-,21+;/m0./s1. The van der Waals surface area contributed by atoms with E-state index in [0.29, 0.717) is 6.54 Å². The molecule has 7 nitrogen and oxygen atoms in total. The SMILES string of the molecule is C.C[C@@H](C#N)N(C)C1=NCc2nc(N3CCC4(CC3)Cc3ccccc3[C@H]4N)cnc21. The van der Waals surface area contributed by atoms with Crippen molar-refractivity contribution in [1.82, 2.24) is 14.9 Å². The minimum Gasteiger partial charge on any atom is -0.355 e. The predicted molar refractivity (Wildman–Crippen MR) is 123 cm³/mol. The summed E-state index contributed by atoms with van der Waals surface area (Å²) in [6, 6.07) is 10.7. The number of nitrogens with two attached hydrogens (primary N) is 1. The molecule has 5 rings (SSSR count). The van der Waals surface area contributed by atoms with Crippen LogP contribution in [-0.4, -0.2) is 46.9 Å². The van der Waals surface area contributed by atoms with Crippen LogP contribution >= 0.6 is 0 Å². The first-order valence-corrected chi connectivity index (χ1v) is 10.6. The third-order valence-electron chi connectivity index (χ3n) is 7.20. The van der Waals surface area contributed by atoms with Gasteiger partial charge in [0.25, 0.3) is 0 Å². The van der Waals surface area contributed by atoms with Crippen molar-refractivity contribution in [3.63, 3.8) is 0 Å². The number of hydrogen-bond donors (Lipinski definition) is 1. The van der Waals surface area contributed by atoms with E-state index < -0.39 is 0 Å². The fourth-order valence-corrected chi connectivity index (χ4v) is 5.13. The van der Waals surface area contributed by atoms with Gasteiger partial charge in [-0.15, -0.1) is 0 Å². The molecule has 7 heteroatoms. The fraction of sp³-hybridized carbons (Fsp3) is 0.500. The number of hydrogen-bond acceptors (Lipinski definition) is 7. The number of fused-ring (bicyclic) bond motifs is 2. The number of aliphatic imine (C=N–C) groups is 1. The van der Waals surface area contributed by atoms with Crippen LogP contribution in [0.25, 0.3) is 0 Å². The predicted octanol–water partition coefficient (Wildman–Crippen LogP) is 3.06. The number of amidine groups is 1. The second kappa shape index (κ2) is 7.93. The molecule has 1 saturated heterocycles. The highest BCUT2D eigenvalue weighted by atomic mass is 15.2. The van der Waals surface area contributed by atoms with Crippen LogP contribution in [-0.2, 0) is 13.0 Å². The average Bonchev–Trinajstić information content (AvgIpc) is 3.32. The molecule has 162 valence electrons. The quantitative estimate of drug-likeness (QED) is 0.807. The second-order valence-corrected chi connectivity index (χ2v) is 8.78. The number of rotatable bonds is 2. The van der Waals surface area contributed by atoms with Crippen molar-refractivity contribution in [2.45, 2.75) is 52.2 Å². The van der Waals surface area contributed by atoms with Crippen LogP contribution in [0.5, 0.6) is 0 Å². The summed E-state index contributed by atoms with van der Waals surface area (Å²) in [5.74, 6) is 1.67. The van der Waals surface area contributed by atoms with Crippen LogP contribution < -0.4 is 10.6 Å². The van der Waals surface area contributed by atoms with E-state index in [9.17, 15) is 5.26 Å². The Labute approximate surface area is 184 Å². The lowest BCUT2D eigenvalue weighted by Crippen LogP contribution is -2.44. The maximum Gasteiger partial charge on any atom is 0.153 e. The lowest BCUT2D eigenvalue weighted by molar-refractivity contribution is 0.187. The molecule has 0 unspecified atom stereocenters. The van der Waals surface area contributed by atoms with Gasteiger partial charge >= 0.3 is 0 Å². The van der Waals surface area contributed by atoms with E-state index in [2.05, 4.69) is 45.2 Å². The lowest BCUT2D eigenvalue weighted by Gasteiger charge is -2.42. The molecule has 1 aromatic heterocycles. The topological polar surface area (TPSA) is 94.4 Å². The van der Waals surface area contributed by atoms with Crippen LogP contribution in [0.3, 0.4) is 0 Å². The van der Waals surface area contributed by atoms with E-state index in [4.69, 9.17) is 10.7 Å². The van der Waals surface area contributed by atoms with Gasteiger partial charge in [-0.05, 0) is 42.7 Å². The highest BCUT2D eigenvalue weighted by molar-refractivity contribution is 6.00. The minimum atomic E-state index is -0.255. The Morgan fingerprint density at radius 2 is 2.03 bits per heavy atom. The van der Waals surface area contributed by atoms with Crippen LogP contribution in [0, 0.1) is 16.7 Å². The maximum atomic E-state index is 9.19. The van der Waals surface area contributed by atoms with Crippen molar-refractivity contribution in [1.29, 1.82) is 5.26 Å². The number of anilines is 1. The molecule has 1 fully saturated rings. The number of piperidine rings is 1. The molecule has 3 heterocycles. The van der Waals surface area contributed by atoms with Gasteiger partial charge in [0.15, 0.2) is 5.84 Å². The molecule has 2 atom stereocenters. The molecule has 0 saturated carbocycles. The lowest BCUT2D eigenvalue weighted by atomic mass is 9.73. The van der Waals surface area contributed by atoms with Gasteiger partial charge in [-0.1, -0.05) is 31.7 Å². The van der Waals surface area contributed by atoms with Crippen LogP contribution in [0.4, 0.5) is 5.82 Å². The number of aromatic nitrogens is 2. The van der Waals surface area contributed by atoms with Crippen molar-refractivity contribution < 1.29 is 0 Å². The largest absolute Gasteiger partial charge is 0.355 e. The first-order chi connectivity index (χ1) is 14.5. The van der Waals surface area contributed by atoms with Crippen molar-refractivity contribution in [3.8, 4) is 6.07 Å². The van der Waals surface area contributed by atoms with E-state index in [-0.39, 0.29) is 24.9 Å². The smallest absolute Gasteiger partial charge is 0.153 e. The monoisotopic (exact) mass is 417 g/mol. The Balaban J connectivity index is 0.00000231. The van der Waals surface area contributed by atoms with E-state index in [1.54, 1.807) is 0 Å². The van der Waals surface area contributed by atoms with Crippen LogP contribution in [0.2, 0.25) is 0 Å². The highest BCUT2D eigenvalue weighted by Gasteiger charge is 2.46. The molecule has 1 aliphatic carbocycles. The Bertz CT molecular complexity index is 1050. The number of benzene rings is 1. The Morgan fingerprint density at radius 1 is 1.29 bits per heavy atom. The van der Waals surface area contributed by atoms with E-state index in [1.807, 2.05) is 25.1 Å². The molecule has 0 bridgehead atoms. The Hall–Kier alpha value is -2.98. The van der Waals surface area contributed by atoms with Crippen molar-refractivity contribution >= 4 is 11.7 Å². The molecular weight excluding hydrogens is 386 g/mol. The summed E-state index contributed by atoms with van der Waals surface area (Å²) in [4.78, 5) is 18.3. The van der Waals surface area contributed by atoms with Gasteiger partial charge in [0.1, 0.15) is 17.6 Å². The van der Waals surface area contributed by atoms with Crippen molar-refractivity contribution in [3.05, 3.63) is 53.0 Å². The first kappa shape index (κ1) is 21.3. The minimum absolute atomic E-state index is 0. The molecule has 2 aromatic rings. The van der Waals surface area contributed by atoms with Crippen molar-refractivity contribution in [2.75, 3.05) is 25.0 Å². The molecule has 31 heavy (non-hydrogen) atoms. The van der Waals surface area contributed by atoms with E-state index in [1.165, 1.54) is 11.1 Å². The molecule has 1 spiro atoms. The second-order valence-electron chi connectivity index (χ2n) is 8.78. The van der Waals surface area contributed by atoms with Gasteiger partial charge in [-0.25, -0.2) is 9.97 Å². The zero-order valence-electron chi connectivity index (χ0n) is 17.5. The molecule has 0 radical (unpaired) electrons. The molecular formula is C24H31N7. The zero-order valence-corrected chi connectivity index (χ0v) is 17.5. The number of nitrogens with zero attached hydrogens (tertiary/aromatic N) is 6. The zero-order chi connectivity index (χ0) is 20.9. The Kier molecular flexibility index (Phi) is 5.44. The van der Waals surface area contributed by atoms with Gasteiger partial charge in [0.2, 0.25) is 0 Å². The van der Waals surface area contributed by atoms with Gasteiger partial charge in [-0.2, -0.15) is 5.26 Å². The summed E-state index contributed by atoms with van der Waals surface area (Å²) in [6.45, 7) is 4.26. The van der Waals surface area contributed by atoms with E-state index in [0.717, 1.165) is 55.4 Å².